The molecule has 0 aliphatic carbocycles. The van der Waals surface area contributed by atoms with E-state index in [9.17, 15) is 14.7 Å². The van der Waals surface area contributed by atoms with Crippen molar-refractivity contribution < 1.29 is 24.2 Å². The fraction of sp³-hybridized carbons (Fsp3) is 0.429. The highest BCUT2D eigenvalue weighted by molar-refractivity contribution is 6.46. The van der Waals surface area contributed by atoms with Gasteiger partial charge in [0, 0.05) is 24.8 Å². The molecule has 0 bridgehead atoms. The van der Waals surface area contributed by atoms with Crippen LogP contribution in [0.1, 0.15) is 68.8 Å². The van der Waals surface area contributed by atoms with Gasteiger partial charge in [0.1, 0.15) is 11.5 Å². The summed E-state index contributed by atoms with van der Waals surface area (Å²) in [7, 11) is 3.15. The number of ether oxygens (including phenoxy) is 2. The molecule has 3 rings (SSSR count). The molecule has 1 aliphatic heterocycles. The number of benzene rings is 2. The molecule has 6 heteroatoms. The number of hydrogen-bond acceptors (Lipinski definition) is 5. The zero-order valence-electron chi connectivity index (χ0n) is 21.1. The largest absolute Gasteiger partial charge is 0.507 e. The molecule has 0 aromatic heterocycles. The van der Waals surface area contributed by atoms with E-state index in [2.05, 4.69) is 34.6 Å². The first-order valence-electron chi connectivity index (χ1n) is 11.6. The van der Waals surface area contributed by atoms with Crippen LogP contribution in [-0.2, 0) is 19.7 Å². The molecule has 1 N–H and O–H groups in total. The van der Waals surface area contributed by atoms with Crippen LogP contribution in [0.3, 0.4) is 0 Å². The number of ketones is 1. The molecular formula is C28H35NO5. The van der Waals surface area contributed by atoms with Gasteiger partial charge < -0.3 is 19.5 Å². The Kier molecular flexibility index (Phi) is 7.51. The van der Waals surface area contributed by atoms with Crippen molar-refractivity contribution in [3.63, 3.8) is 0 Å². The Morgan fingerprint density at radius 1 is 1.06 bits per heavy atom. The number of methoxy groups -OCH3 is 2. The third-order valence-corrected chi connectivity index (χ3v) is 6.28. The van der Waals surface area contributed by atoms with E-state index in [1.807, 2.05) is 30.3 Å². The Balaban J connectivity index is 2.19. The minimum atomic E-state index is -0.698. The first-order valence-corrected chi connectivity index (χ1v) is 11.6. The number of nitrogens with zero attached hydrogens (tertiary/aromatic N) is 1. The summed E-state index contributed by atoms with van der Waals surface area (Å²) >= 11 is 0. The van der Waals surface area contributed by atoms with Crippen LogP contribution in [0.2, 0.25) is 0 Å². The summed E-state index contributed by atoms with van der Waals surface area (Å²) in [6.07, 6.45) is 0. The molecule has 1 amide bonds. The quantitative estimate of drug-likeness (QED) is 0.346. The van der Waals surface area contributed by atoms with E-state index in [1.165, 1.54) is 4.90 Å². The van der Waals surface area contributed by atoms with Crippen LogP contribution in [0.25, 0.3) is 5.76 Å². The van der Waals surface area contributed by atoms with Gasteiger partial charge in [0.25, 0.3) is 11.7 Å². The summed E-state index contributed by atoms with van der Waals surface area (Å²) in [5.41, 5.74) is 3.12. The van der Waals surface area contributed by atoms with Gasteiger partial charge in [0.2, 0.25) is 0 Å². The Morgan fingerprint density at radius 2 is 1.71 bits per heavy atom. The lowest BCUT2D eigenvalue weighted by atomic mass is 9.84. The minimum absolute atomic E-state index is 0.0865. The SMILES string of the molecule is COCCN1C(=O)C(=O)/C(=C(\O)c2ccc(OC)c(C(C)(C)C)c2)C1c1ccc(C(C)C)cc1. The molecule has 1 fully saturated rings. The average Bonchev–Trinajstić information content (AvgIpc) is 3.06. The van der Waals surface area contributed by atoms with Crippen LogP contribution in [-0.4, -0.2) is 49.1 Å². The van der Waals surface area contributed by atoms with Crippen molar-refractivity contribution in [2.45, 2.75) is 52.0 Å². The minimum Gasteiger partial charge on any atom is -0.507 e. The Hall–Kier alpha value is -3.12. The Labute approximate surface area is 202 Å². The van der Waals surface area contributed by atoms with Crippen LogP contribution >= 0.6 is 0 Å². The second-order valence-corrected chi connectivity index (χ2v) is 9.97. The van der Waals surface area contributed by atoms with Gasteiger partial charge in [-0.25, -0.2) is 0 Å². The summed E-state index contributed by atoms with van der Waals surface area (Å²) in [6, 6.07) is 12.5. The highest BCUT2D eigenvalue weighted by atomic mass is 16.5. The summed E-state index contributed by atoms with van der Waals surface area (Å²) in [5, 5.41) is 11.4. The molecule has 34 heavy (non-hydrogen) atoms. The highest BCUT2D eigenvalue weighted by Gasteiger charge is 2.46. The Morgan fingerprint density at radius 3 is 2.24 bits per heavy atom. The van der Waals surface area contributed by atoms with Gasteiger partial charge in [0.15, 0.2) is 0 Å². The fourth-order valence-electron chi connectivity index (χ4n) is 4.31. The topological polar surface area (TPSA) is 76.1 Å². The van der Waals surface area contributed by atoms with Crippen molar-refractivity contribution >= 4 is 17.4 Å². The van der Waals surface area contributed by atoms with Gasteiger partial charge in [-0.1, -0.05) is 58.9 Å². The molecule has 2 aromatic rings. The van der Waals surface area contributed by atoms with Crippen LogP contribution in [0.15, 0.2) is 48.0 Å². The number of Topliss-reactive ketones (excluding diaryl/α,β-unsaturated/α-hetero) is 1. The summed E-state index contributed by atoms with van der Waals surface area (Å²) in [6.45, 7) is 10.9. The van der Waals surface area contributed by atoms with Crippen molar-refractivity contribution in [2.75, 3.05) is 27.4 Å². The molecule has 1 saturated heterocycles. The van der Waals surface area contributed by atoms with Gasteiger partial charge in [0.05, 0.1) is 25.3 Å². The number of aliphatic hydroxyl groups is 1. The third-order valence-electron chi connectivity index (χ3n) is 6.28. The maximum atomic E-state index is 13.2. The molecule has 1 heterocycles. The lowest BCUT2D eigenvalue weighted by molar-refractivity contribution is -0.140. The smallest absolute Gasteiger partial charge is 0.295 e. The van der Waals surface area contributed by atoms with E-state index < -0.39 is 17.7 Å². The molecule has 0 saturated carbocycles. The number of likely N-dealkylation sites (tertiary alicyclic amines) is 1. The van der Waals surface area contributed by atoms with E-state index in [-0.39, 0.29) is 29.9 Å². The number of carbonyl (C=O) groups excluding carboxylic acids is 2. The van der Waals surface area contributed by atoms with E-state index in [0.717, 1.165) is 16.7 Å². The standard InChI is InChI=1S/C28H35NO5/c1-17(2)18-8-10-19(11-9-18)24-23(26(31)27(32)29(24)14-15-33-6)25(30)20-12-13-22(34-7)21(16-20)28(3,4)5/h8-13,16-17,24,30H,14-15H2,1-7H3/b25-23-. The lowest BCUT2D eigenvalue weighted by Crippen LogP contribution is -2.32. The zero-order chi connectivity index (χ0) is 25.2. The number of carbonyl (C=O) groups is 2. The van der Waals surface area contributed by atoms with Crippen molar-refractivity contribution in [3.05, 3.63) is 70.3 Å². The second-order valence-electron chi connectivity index (χ2n) is 9.97. The lowest BCUT2D eigenvalue weighted by Gasteiger charge is -2.26. The van der Waals surface area contributed by atoms with E-state index >= 15 is 0 Å². The molecule has 2 aromatic carbocycles. The predicted octanol–water partition coefficient (Wildman–Crippen LogP) is 5.18. The highest BCUT2D eigenvalue weighted by Crippen LogP contribution is 2.41. The van der Waals surface area contributed by atoms with Gasteiger partial charge in [-0.15, -0.1) is 0 Å². The van der Waals surface area contributed by atoms with Crippen molar-refractivity contribution in [2.24, 2.45) is 0 Å². The Bertz CT molecular complexity index is 1090. The second kappa shape index (κ2) is 10.0. The number of rotatable bonds is 7. The fourth-order valence-corrected chi connectivity index (χ4v) is 4.31. The monoisotopic (exact) mass is 465 g/mol. The van der Waals surface area contributed by atoms with Crippen LogP contribution in [0, 0.1) is 0 Å². The van der Waals surface area contributed by atoms with Gasteiger partial charge >= 0.3 is 0 Å². The molecule has 0 radical (unpaired) electrons. The summed E-state index contributed by atoms with van der Waals surface area (Å²) < 4.78 is 10.7. The summed E-state index contributed by atoms with van der Waals surface area (Å²) in [4.78, 5) is 27.7. The molecule has 182 valence electrons. The first-order chi connectivity index (χ1) is 16.0. The molecular weight excluding hydrogens is 430 g/mol. The third kappa shape index (κ3) is 4.87. The maximum Gasteiger partial charge on any atom is 0.295 e. The molecule has 1 unspecified atom stereocenters. The molecule has 1 atom stereocenters. The molecule has 1 aliphatic rings. The molecule has 6 nitrogen and oxygen atoms in total. The number of aliphatic hydroxyl groups excluding tert-OH is 1. The van der Waals surface area contributed by atoms with Crippen molar-refractivity contribution in [1.29, 1.82) is 0 Å². The van der Waals surface area contributed by atoms with E-state index in [0.29, 0.717) is 17.2 Å². The first kappa shape index (κ1) is 25.5. The van der Waals surface area contributed by atoms with Crippen LogP contribution in [0.5, 0.6) is 5.75 Å². The predicted molar refractivity (Wildman–Crippen MR) is 133 cm³/mol. The maximum absolute atomic E-state index is 13.2. The van der Waals surface area contributed by atoms with Gasteiger partial charge in [-0.2, -0.15) is 0 Å². The number of amides is 1. The normalized spacial score (nSPS) is 18.1. The van der Waals surface area contributed by atoms with Crippen molar-refractivity contribution in [1.82, 2.24) is 4.90 Å². The van der Waals surface area contributed by atoms with Crippen molar-refractivity contribution in [3.8, 4) is 5.75 Å². The number of hydrogen-bond donors (Lipinski definition) is 1. The van der Waals surface area contributed by atoms with E-state index in [1.54, 1.807) is 26.4 Å². The average molecular weight is 466 g/mol. The van der Waals surface area contributed by atoms with Gasteiger partial charge in [-0.3, -0.25) is 9.59 Å². The molecule has 0 spiro atoms. The van der Waals surface area contributed by atoms with Gasteiger partial charge in [-0.05, 0) is 40.7 Å². The summed E-state index contributed by atoms with van der Waals surface area (Å²) in [5.74, 6) is -0.473. The zero-order valence-corrected chi connectivity index (χ0v) is 21.1. The van der Waals surface area contributed by atoms with E-state index in [4.69, 9.17) is 9.47 Å². The van der Waals surface area contributed by atoms with Crippen LogP contribution < -0.4 is 4.74 Å². The van der Waals surface area contributed by atoms with Crippen LogP contribution in [0.4, 0.5) is 0 Å².